The average molecular weight is 598 g/mol. The molecule has 1 aromatic heterocycles. The molecule has 1 aliphatic heterocycles. The van der Waals surface area contributed by atoms with Gasteiger partial charge in [-0.3, -0.25) is 9.69 Å². The van der Waals surface area contributed by atoms with Gasteiger partial charge in [0.05, 0.1) is 6.61 Å². The van der Waals surface area contributed by atoms with Crippen molar-refractivity contribution in [3.05, 3.63) is 124 Å². The van der Waals surface area contributed by atoms with Crippen LogP contribution in [0.4, 0.5) is 0 Å². The van der Waals surface area contributed by atoms with E-state index in [1.807, 2.05) is 55.3 Å². The Labute approximate surface area is 262 Å². The standard InChI is InChI=1S/C37H44ClN3O2/c1-28-20-34(16-17-35(28)38)43-27-37(22-36(42)39(4)23-31-12-7-5-8-13-31)18-11-19-40(26-37)25-33-21-29(2)41(30(33)3)24-32-14-9-6-10-15-32/h5-10,12-17,20-21H,11,18-19,22-27H2,1-4H3/t37-/m1/s1. The van der Waals surface area contributed by atoms with E-state index in [4.69, 9.17) is 16.3 Å². The van der Waals surface area contributed by atoms with Gasteiger partial charge < -0.3 is 14.2 Å². The van der Waals surface area contributed by atoms with Crippen LogP contribution in [-0.2, 0) is 24.4 Å². The lowest BCUT2D eigenvalue weighted by atomic mass is 9.77. The number of benzene rings is 3. The van der Waals surface area contributed by atoms with Crippen LogP contribution in [0.25, 0.3) is 0 Å². The maximum Gasteiger partial charge on any atom is 0.223 e. The van der Waals surface area contributed by atoms with Crippen molar-refractivity contribution in [2.45, 2.75) is 59.7 Å². The highest BCUT2D eigenvalue weighted by molar-refractivity contribution is 6.31. The highest BCUT2D eigenvalue weighted by Crippen LogP contribution is 2.37. The van der Waals surface area contributed by atoms with Crippen molar-refractivity contribution in [2.75, 3.05) is 26.7 Å². The highest BCUT2D eigenvalue weighted by Gasteiger charge is 2.39. The molecule has 1 atom stereocenters. The molecule has 0 unspecified atom stereocenters. The number of likely N-dealkylation sites (tertiary alicyclic amines) is 1. The largest absolute Gasteiger partial charge is 0.493 e. The lowest BCUT2D eigenvalue weighted by Crippen LogP contribution is -2.48. The summed E-state index contributed by atoms with van der Waals surface area (Å²) in [4.78, 5) is 18.1. The maximum absolute atomic E-state index is 13.7. The van der Waals surface area contributed by atoms with Crippen molar-refractivity contribution in [3.8, 4) is 5.75 Å². The second-order valence-electron chi connectivity index (χ2n) is 12.4. The van der Waals surface area contributed by atoms with Crippen LogP contribution >= 0.6 is 11.6 Å². The monoisotopic (exact) mass is 597 g/mol. The van der Waals surface area contributed by atoms with E-state index < -0.39 is 0 Å². The van der Waals surface area contributed by atoms with Crippen molar-refractivity contribution < 1.29 is 9.53 Å². The molecule has 2 heterocycles. The predicted molar refractivity (Wildman–Crippen MR) is 176 cm³/mol. The number of aromatic nitrogens is 1. The number of aryl methyl sites for hydroxylation is 2. The Morgan fingerprint density at radius 3 is 2.33 bits per heavy atom. The van der Waals surface area contributed by atoms with Gasteiger partial charge in [0.15, 0.2) is 0 Å². The van der Waals surface area contributed by atoms with Crippen LogP contribution in [0.2, 0.25) is 5.02 Å². The maximum atomic E-state index is 13.7. The fraction of sp³-hybridized carbons (Fsp3) is 0.378. The summed E-state index contributed by atoms with van der Waals surface area (Å²) in [6, 6.07) is 29.0. The Bertz CT molecular complexity index is 1520. The van der Waals surface area contributed by atoms with Crippen LogP contribution < -0.4 is 4.74 Å². The summed E-state index contributed by atoms with van der Waals surface area (Å²) in [5.41, 5.74) is 7.08. The number of hydrogen-bond donors (Lipinski definition) is 0. The molecule has 5 rings (SSSR count). The lowest BCUT2D eigenvalue weighted by molar-refractivity contribution is -0.135. The molecule has 4 aromatic rings. The molecule has 1 amide bonds. The lowest BCUT2D eigenvalue weighted by Gasteiger charge is -2.43. The van der Waals surface area contributed by atoms with E-state index in [-0.39, 0.29) is 11.3 Å². The van der Waals surface area contributed by atoms with Gasteiger partial charge in [-0.25, -0.2) is 0 Å². The van der Waals surface area contributed by atoms with Crippen molar-refractivity contribution in [3.63, 3.8) is 0 Å². The molecular formula is C37H44ClN3O2. The zero-order valence-corrected chi connectivity index (χ0v) is 26.7. The molecule has 0 aliphatic carbocycles. The zero-order chi connectivity index (χ0) is 30.4. The molecule has 6 heteroatoms. The second-order valence-corrected chi connectivity index (χ2v) is 12.8. The van der Waals surface area contributed by atoms with Crippen LogP contribution in [0.3, 0.4) is 0 Å². The summed E-state index contributed by atoms with van der Waals surface area (Å²) in [6.07, 6.45) is 2.43. The van der Waals surface area contributed by atoms with E-state index >= 15 is 0 Å². The smallest absolute Gasteiger partial charge is 0.223 e. The summed E-state index contributed by atoms with van der Waals surface area (Å²) >= 11 is 6.28. The second kappa shape index (κ2) is 13.8. The van der Waals surface area contributed by atoms with Crippen LogP contribution in [0.15, 0.2) is 84.9 Å². The van der Waals surface area contributed by atoms with Crippen LogP contribution in [0.1, 0.15) is 52.9 Å². The quantitative estimate of drug-likeness (QED) is 0.177. The van der Waals surface area contributed by atoms with Crippen LogP contribution in [-0.4, -0.2) is 47.0 Å². The number of halogens is 1. The molecule has 43 heavy (non-hydrogen) atoms. The van der Waals surface area contributed by atoms with E-state index in [0.717, 1.165) is 60.9 Å². The number of carbonyl (C=O) groups is 1. The number of carbonyl (C=O) groups excluding carboxylic acids is 1. The molecule has 0 bridgehead atoms. The number of piperidine rings is 1. The summed E-state index contributed by atoms with van der Waals surface area (Å²) in [7, 11) is 1.91. The molecule has 0 saturated carbocycles. The number of nitrogens with zero attached hydrogens (tertiary/aromatic N) is 3. The van der Waals surface area contributed by atoms with Gasteiger partial charge in [-0.05, 0) is 86.7 Å². The topological polar surface area (TPSA) is 37.7 Å². The minimum atomic E-state index is -0.288. The van der Waals surface area contributed by atoms with Gasteiger partial charge in [0.25, 0.3) is 0 Å². The van der Waals surface area contributed by atoms with E-state index in [9.17, 15) is 4.79 Å². The molecule has 0 radical (unpaired) electrons. The van der Waals surface area contributed by atoms with Gasteiger partial charge in [-0.15, -0.1) is 0 Å². The minimum Gasteiger partial charge on any atom is -0.493 e. The summed E-state index contributed by atoms with van der Waals surface area (Å²) in [5, 5.41) is 0.730. The third-order valence-corrected chi connectivity index (χ3v) is 9.31. The first-order valence-electron chi connectivity index (χ1n) is 15.3. The SMILES string of the molecule is Cc1cc(OC[C@@]2(CC(=O)N(C)Cc3ccccc3)CCCN(Cc3cc(C)n(Cc4ccccc4)c3C)C2)ccc1Cl. The third kappa shape index (κ3) is 7.90. The first-order valence-corrected chi connectivity index (χ1v) is 15.7. The summed E-state index contributed by atoms with van der Waals surface area (Å²) < 4.78 is 8.85. The minimum absolute atomic E-state index is 0.155. The van der Waals surface area contributed by atoms with Crippen molar-refractivity contribution >= 4 is 17.5 Å². The fourth-order valence-corrected chi connectivity index (χ4v) is 6.50. The van der Waals surface area contributed by atoms with E-state index in [2.05, 4.69) is 71.8 Å². The Kier molecular flexibility index (Phi) is 9.94. The van der Waals surface area contributed by atoms with Gasteiger partial charge in [-0.1, -0.05) is 72.3 Å². The molecule has 0 N–H and O–H groups in total. The van der Waals surface area contributed by atoms with Crippen LogP contribution in [0.5, 0.6) is 5.75 Å². The molecular weight excluding hydrogens is 554 g/mol. The van der Waals surface area contributed by atoms with Crippen molar-refractivity contribution in [1.29, 1.82) is 0 Å². The highest BCUT2D eigenvalue weighted by atomic mass is 35.5. The van der Waals surface area contributed by atoms with Crippen molar-refractivity contribution in [2.24, 2.45) is 5.41 Å². The molecule has 1 aliphatic rings. The van der Waals surface area contributed by atoms with Gasteiger partial charge in [0, 0.05) is 61.5 Å². The Morgan fingerprint density at radius 2 is 1.63 bits per heavy atom. The van der Waals surface area contributed by atoms with Crippen molar-refractivity contribution in [1.82, 2.24) is 14.4 Å². The van der Waals surface area contributed by atoms with E-state index in [1.165, 1.54) is 22.5 Å². The van der Waals surface area contributed by atoms with Gasteiger partial charge in [0.1, 0.15) is 5.75 Å². The van der Waals surface area contributed by atoms with E-state index in [1.54, 1.807) is 0 Å². The Hall–Kier alpha value is -3.54. The molecule has 3 aromatic carbocycles. The summed E-state index contributed by atoms with van der Waals surface area (Å²) in [5.74, 6) is 0.954. The van der Waals surface area contributed by atoms with Gasteiger partial charge in [0.2, 0.25) is 5.91 Å². The predicted octanol–water partition coefficient (Wildman–Crippen LogP) is 7.82. The first-order chi connectivity index (χ1) is 20.7. The third-order valence-electron chi connectivity index (χ3n) is 8.89. The average Bonchev–Trinajstić information content (AvgIpc) is 3.26. The number of amides is 1. The number of ether oxygens (including phenoxy) is 1. The number of rotatable bonds is 11. The molecule has 1 fully saturated rings. The van der Waals surface area contributed by atoms with E-state index in [0.29, 0.717) is 19.6 Å². The Morgan fingerprint density at radius 1 is 0.930 bits per heavy atom. The molecule has 5 nitrogen and oxygen atoms in total. The van der Waals surface area contributed by atoms with Gasteiger partial charge in [-0.2, -0.15) is 0 Å². The fourth-order valence-electron chi connectivity index (χ4n) is 6.39. The zero-order valence-electron chi connectivity index (χ0n) is 26.0. The van der Waals surface area contributed by atoms with Gasteiger partial charge >= 0.3 is 0 Å². The molecule has 226 valence electrons. The normalized spacial score (nSPS) is 17.1. The Balaban J connectivity index is 1.33. The van der Waals surface area contributed by atoms with Crippen LogP contribution in [0, 0.1) is 26.2 Å². The number of hydrogen-bond acceptors (Lipinski definition) is 3. The first kappa shape index (κ1) is 30.9. The summed E-state index contributed by atoms with van der Waals surface area (Å²) in [6.45, 7) is 11.1. The molecule has 0 spiro atoms. The molecule has 1 saturated heterocycles.